The molecule has 0 atom stereocenters. The van der Waals surface area contributed by atoms with E-state index in [1.807, 2.05) is 6.07 Å². The molecule has 0 aliphatic heterocycles. The van der Waals surface area contributed by atoms with Crippen molar-refractivity contribution in [1.29, 1.82) is 5.26 Å². The van der Waals surface area contributed by atoms with Crippen LogP contribution in [0.4, 0.5) is 0 Å². The molecule has 1 saturated carbocycles. The molecule has 2 N–H and O–H groups in total. The van der Waals surface area contributed by atoms with Gasteiger partial charge in [-0.15, -0.1) is 0 Å². The molecule has 0 radical (unpaired) electrons. The SMILES string of the molecule is N#Cc1ccccc1S(=O)(=O)NCC1(O)CCCCC1. The zero-order chi connectivity index (χ0) is 14.6. The molecule has 1 aliphatic carbocycles. The van der Waals surface area contributed by atoms with Crippen molar-refractivity contribution in [2.24, 2.45) is 0 Å². The van der Waals surface area contributed by atoms with E-state index in [-0.39, 0.29) is 17.0 Å². The standard InChI is InChI=1S/C14H18N2O3S/c15-10-12-6-2-3-7-13(12)20(18,19)16-11-14(17)8-4-1-5-9-14/h2-3,6-7,16-17H,1,4-5,8-9,11H2. The molecule has 6 heteroatoms. The van der Waals surface area contributed by atoms with Crippen LogP contribution >= 0.6 is 0 Å². The van der Waals surface area contributed by atoms with Crippen molar-refractivity contribution in [1.82, 2.24) is 4.72 Å². The maximum atomic E-state index is 12.2. The first-order valence-electron chi connectivity index (χ1n) is 6.68. The van der Waals surface area contributed by atoms with Gasteiger partial charge in [0.2, 0.25) is 10.0 Å². The Morgan fingerprint density at radius 3 is 2.55 bits per heavy atom. The Labute approximate surface area is 119 Å². The van der Waals surface area contributed by atoms with E-state index in [9.17, 15) is 13.5 Å². The van der Waals surface area contributed by atoms with E-state index in [2.05, 4.69) is 4.72 Å². The molecule has 1 fully saturated rings. The van der Waals surface area contributed by atoms with Gasteiger partial charge < -0.3 is 5.11 Å². The molecule has 0 spiro atoms. The van der Waals surface area contributed by atoms with Crippen LogP contribution in [0, 0.1) is 11.3 Å². The van der Waals surface area contributed by atoms with Crippen molar-refractivity contribution < 1.29 is 13.5 Å². The van der Waals surface area contributed by atoms with Gasteiger partial charge in [0.15, 0.2) is 0 Å². The fourth-order valence-electron chi connectivity index (χ4n) is 2.49. The Kier molecular flexibility index (Phi) is 4.43. The lowest BCUT2D eigenvalue weighted by molar-refractivity contribution is 0.00945. The number of hydrogen-bond donors (Lipinski definition) is 2. The first kappa shape index (κ1) is 15.0. The highest BCUT2D eigenvalue weighted by atomic mass is 32.2. The first-order valence-corrected chi connectivity index (χ1v) is 8.16. The van der Waals surface area contributed by atoms with Gasteiger partial charge in [-0.05, 0) is 25.0 Å². The number of hydrogen-bond acceptors (Lipinski definition) is 4. The van der Waals surface area contributed by atoms with Gasteiger partial charge in [-0.2, -0.15) is 5.26 Å². The largest absolute Gasteiger partial charge is 0.389 e. The average Bonchev–Trinajstić information content (AvgIpc) is 2.46. The fraction of sp³-hybridized carbons (Fsp3) is 0.500. The normalized spacial score (nSPS) is 18.4. The highest BCUT2D eigenvalue weighted by molar-refractivity contribution is 7.89. The molecule has 0 bridgehead atoms. The first-order chi connectivity index (χ1) is 9.47. The minimum Gasteiger partial charge on any atom is -0.389 e. The molecule has 0 heterocycles. The number of aliphatic hydroxyl groups is 1. The number of nitriles is 1. The van der Waals surface area contributed by atoms with Crippen molar-refractivity contribution in [2.45, 2.75) is 42.6 Å². The molecule has 2 rings (SSSR count). The molecular weight excluding hydrogens is 276 g/mol. The molecule has 0 aromatic heterocycles. The lowest BCUT2D eigenvalue weighted by Crippen LogP contribution is -2.44. The third-order valence-electron chi connectivity index (χ3n) is 3.67. The summed E-state index contributed by atoms with van der Waals surface area (Å²) in [4.78, 5) is -0.0399. The van der Waals surface area contributed by atoms with Gasteiger partial charge in [-0.25, -0.2) is 13.1 Å². The van der Waals surface area contributed by atoms with Gasteiger partial charge in [-0.3, -0.25) is 0 Å². The predicted octanol–water partition coefficient (Wildman–Crippen LogP) is 1.53. The summed E-state index contributed by atoms with van der Waals surface area (Å²) >= 11 is 0. The molecular formula is C14H18N2O3S. The third-order valence-corrected chi connectivity index (χ3v) is 5.13. The molecule has 0 saturated heterocycles. The number of nitrogens with zero attached hydrogens (tertiary/aromatic N) is 1. The van der Waals surface area contributed by atoms with Crippen LogP contribution in [0.2, 0.25) is 0 Å². The number of rotatable bonds is 4. The van der Waals surface area contributed by atoms with Gasteiger partial charge in [0, 0.05) is 6.54 Å². The monoisotopic (exact) mass is 294 g/mol. The Morgan fingerprint density at radius 2 is 1.90 bits per heavy atom. The van der Waals surface area contributed by atoms with Gasteiger partial charge in [0.1, 0.15) is 6.07 Å². The van der Waals surface area contributed by atoms with Gasteiger partial charge in [0.25, 0.3) is 0 Å². The van der Waals surface area contributed by atoms with E-state index in [1.165, 1.54) is 12.1 Å². The lowest BCUT2D eigenvalue weighted by Gasteiger charge is -2.32. The number of nitrogens with one attached hydrogen (secondary N) is 1. The lowest BCUT2D eigenvalue weighted by atomic mass is 9.85. The Hall–Kier alpha value is -1.42. The van der Waals surface area contributed by atoms with Crippen molar-refractivity contribution >= 4 is 10.0 Å². The fourth-order valence-corrected chi connectivity index (χ4v) is 3.76. The summed E-state index contributed by atoms with van der Waals surface area (Å²) in [5.41, 5.74) is -0.858. The highest BCUT2D eigenvalue weighted by Gasteiger charge is 2.31. The van der Waals surface area contributed by atoms with Crippen LogP contribution in [0.25, 0.3) is 0 Å². The van der Waals surface area contributed by atoms with Crippen LogP contribution in [-0.2, 0) is 10.0 Å². The molecule has 5 nitrogen and oxygen atoms in total. The van der Waals surface area contributed by atoms with Crippen LogP contribution in [-0.4, -0.2) is 25.7 Å². The third kappa shape index (κ3) is 3.37. The van der Waals surface area contributed by atoms with Crippen molar-refractivity contribution in [3.8, 4) is 6.07 Å². The van der Waals surface area contributed by atoms with Gasteiger partial charge in [0.05, 0.1) is 16.1 Å². The summed E-state index contributed by atoms with van der Waals surface area (Å²) in [5.74, 6) is 0. The van der Waals surface area contributed by atoms with Crippen LogP contribution < -0.4 is 4.72 Å². The topological polar surface area (TPSA) is 90.2 Å². The van der Waals surface area contributed by atoms with Crippen molar-refractivity contribution in [2.75, 3.05) is 6.54 Å². The van der Waals surface area contributed by atoms with E-state index < -0.39 is 15.6 Å². The van der Waals surface area contributed by atoms with Crippen LogP contribution in [0.1, 0.15) is 37.7 Å². The Bertz CT molecular complexity index is 614. The number of benzene rings is 1. The molecule has 0 amide bonds. The maximum absolute atomic E-state index is 12.2. The van der Waals surface area contributed by atoms with Crippen molar-refractivity contribution in [3.05, 3.63) is 29.8 Å². The molecule has 1 aromatic carbocycles. The maximum Gasteiger partial charge on any atom is 0.241 e. The second-order valence-corrected chi connectivity index (χ2v) is 6.95. The number of sulfonamides is 1. The zero-order valence-electron chi connectivity index (χ0n) is 11.2. The molecule has 1 aliphatic rings. The summed E-state index contributed by atoms with van der Waals surface area (Å²) in [6, 6.07) is 7.92. The van der Waals surface area contributed by atoms with E-state index in [0.29, 0.717) is 12.8 Å². The van der Waals surface area contributed by atoms with E-state index in [4.69, 9.17) is 5.26 Å². The Morgan fingerprint density at radius 1 is 1.25 bits per heavy atom. The second-order valence-electron chi connectivity index (χ2n) is 5.22. The summed E-state index contributed by atoms with van der Waals surface area (Å²) in [7, 11) is -3.77. The van der Waals surface area contributed by atoms with E-state index in [0.717, 1.165) is 19.3 Å². The quantitative estimate of drug-likeness (QED) is 0.881. The Balaban J connectivity index is 2.14. The summed E-state index contributed by atoms with van der Waals surface area (Å²) in [5, 5.41) is 19.3. The average molecular weight is 294 g/mol. The zero-order valence-corrected chi connectivity index (χ0v) is 12.0. The molecule has 20 heavy (non-hydrogen) atoms. The predicted molar refractivity (Wildman–Crippen MR) is 74.4 cm³/mol. The smallest absolute Gasteiger partial charge is 0.241 e. The molecule has 1 aromatic rings. The van der Waals surface area contributed by atoms with E-state index in [1.54, 1.807) is 12.1 Å². The summed E-state index contributed by atoms with van der Waals surface area (Å²) < 4.78 is 26.9. The minimum absolute atomic E-state index is 0.00486. The molecule has 0 unspecified atom stereocenters. The van der Waals surface area contributed by atoms with Crippen LogP contribution in [0.5, 0.6) is 0 Å². The van der Waals surface area contributed by atoms with Gasteiger partial charge >= 0.3 is 0 Å². The van der Waals surface area contributed by atoms with E-state index >= 15 is 0 Å². The van der Waals surface area contributed by atoms with Crippen LogP contribution in [0.15, 0.2) is 29.2 Å². The summed E-state index contributed by atoms with van der Waals surface area (Å²) in [6.07, 6.45) is 4.11. The van der Waals surface area contributed by atoms with Crippen molar-refractivity contribution in [3.63, 3.8) is 0 Å². The summed E-state index contributed by atoms with van der Waals surface area (Å²) in [6.45, 7) is -0.00486. The second kappa shape index (κ2) is 5.92. The minimum atomic E-state index is -3.77. The van der Waals surface area contributed by atoms with Gasteiger partial charge in [-0.1, -0.05) is 31.4 Å². The molecule has 108 valence electrons. The van der Waals surface area contributed by atoms with Crippen LogP contribution in [0.3, 0.4) is 0 Å². The highest BCUT2D eigenvalue weighted by Crippen LogP contribution is 2.27.